The highest BCUT2D eigenvalue weighted by molar-refractivity contribution is 5.76. The third-order valence-corrected chi connectivity index (χ3v) is 5.90. The molecule has 1 aliphatic heterocycles. The molecule has 4 aromatic rings. The molecule has 35 heavy (non-hydrogen) atoms. The lowest BCUT2D eigenvalue weighted by Crippen LogP contribution is -2.18. The van der Waals surface area contributed by atoms with Crippen molar-refractivity contribution in [1.29, 1.82) is 0 Å². The van der Waals surface area contributed by atoms with E-state index in [1.165, 1.54) is 18.2 Å². The van der Waals surface area contributed by atoms with E-state index in [4.69, 9.17) is 14.5 Å². The molecule has 0 saturated carbocycles. The number of aromatic nitrogens is 5. The van der Waals surface area contributed by atoms with E-state index >= 15 is 0 Å². The molecule has 1 aromatic carbocycles. The normalized spacial score (nSPS) is 17.1. The van der Waals surface area contributed by atoms with Gasteiger partial charge in [0.2, 0.25) is 0 Å². The molecule has 3 aromatic heterocycles. The van der Waals surface area contributed by atoms with Gasteiger partial charge in [-0.1, -0.05) is 0 Å². The maximum Gasteiger partial charge on any atom is 0.272 e. The Morgan fingerprint density at radius 2 is 2.09 bits per heavy atom. The second-order valence-electron chi connectivity index (χ2n) is 8.42. The van der Waals surface area contributed by atoms with Gasteiger partial charge in [0.05, 0.1) is 18.4 Å². The first kappa shape index (κ1) is 23.2. The summed E-state index contributed by atoms with van der Waals surface area (Å²) >= 11 is 0. The Labute approximate surface area is 199 Å². The van der Waals surface area contributed by atoms with Crippen LogP contribution in [0.25, 0.3) is 16.8 Å². The topological polar surface area (TPSA) is 78.5 Å². The van der Waals surface area contributed by atoms with E-state index in [9.17, 15) is 13.2 Å². The molecule has 0 amide bonds. The van der Waals surface area contributed by atoms with Crippen molar-refractivity contribution in [2.24, 2.45) is 0 Å². The maximum absolute atomic E-state index is 13.9. The predicted molar refractivity (Wildman–Crippen MR) is 123 cm³/mol. The summed E-state index contributed by atoms with van der Waals surface area (Å²) < 4.78 is 53.7. The number of nitrogens with zero attached hydrogens (tertiary/aromatic N) is 5. The molecule has 1 unspecified atom stereocenters. The monoisotopic (exact) mass is 486 g/mol. The van der Waals surface area contributed by atoms with E-state index in [1.807, 2.05) is 10.9 Å². The summed E-state index contributed by atoms with van der Waals surface area (Å²) in [6.45, 7) is 1.74. The molecule has 0 bridgehead atoms. The quantitative estimate of drug-likeness (QED) is 0.367. The summed E-state index contributed by atoms with van der Waals surface area (Å²) in [5.41, 5.74) is 2.68. The van der Waals surface area contributed by atoms with Crippen LogP contribution >= 0.6 is 0 Å². The fourth-order valence-corrected chi connectivity index (χ4v) is 4.16. The van der Waals surface area contributed by atoms with Crippen LogP contribution in [0.4, 0.5) is 19.0 Å². The lowest BCUT2D eigenvalue weighted by Gasteiger charge is -2.22. The van der Waals surface area contributed by atoms with Crippen LogP contribution in [0.15, 0.2) is 49.1 Å². The minimum Gasteiger partial charge on any atom is -0.487 e. The molecule has 184 valence electrons. The van der Waals surface area contributed by atoms with Crippen molar-refractivity contribution < 1.29 is 22.6 Å². The molecule has 1 fully saturated rings. The maximum atomic E-state index is 13.9. The van der Waals surface area contributed by atoms with Crippen molar-refractivity contribution in [3.05, 3.63) is 60.4 Å². The second-order valence-corrected chi connectivity index (χ2v) is 8.42. The number of rotatable bonds is 8. The van der Waals surface area contributed by atoms with Crippen LogP contribution in [0.1, 0.15) is 44.0 Å². The van der Waals surface area contributed by atoms with Gasteiger partial charge in [0, 0.05) is 35.7 Å². The van der Waals surface area contributed by atoms with Gasteiger partial charge in [0.1, 0.15) is 30.2 Å². The summed E-state index contributed by atoms with van der Waals surface area (Å²) in [5, 5.41) is 12.1. The molecule has 1 aliphatic rings. The lowest BCUT2D eigenvalue weighted by atomic mass is 10.1. The number of anilines is 1. The Kier molecular flexibility index (Phi) is 6.58. The summed E-state index contributed by atoms with van der Waals surface area (Å²) in [6, 6.07) is 5.07. The van der Waals surface area contributed by atoms with Crippen LogP contribution in [0.2, 0.25) is 0 Å². The summed E-state index contributed by atoms with van der Waals surface area (Å²) in [6.07, 6.45) is 7.56. The van der Waals surface area contributed by atoms with Gasteiger partial charge in [-0.25, -0.2) is 27.4 Å². The fourth-order valence-electron chi connectivity index (χ4n) is 4.16. The zero-order valence-corrected chi connectivity index (χ0v) is 19.1. The van der Waals surface area contributed by atoms with Crippen molar-refractivity contribution in [3.63, 3.8) is 0 Å². The first-order valence-corrected chi connectivity index (χ1v) is 11.5. The molecule has 0 spiro atoms. The Hall–Kier alpha value is -3.60. The van der Waals surface area contributed by atoms with Crippen molar-refractivity contribution in [1.82, 2.24) is 24.4 Å². The van der Waals surface area contributed by atoms with E-state index in [1.54, 1.807) is 36.1 Å². The van der Waals surface area contributed by atoms with Gasteiger partial charge >= 0.3 is 0 Å². The highest BCUT2D eigenvalue weighted by atomic mass is 19.3. The van der Waals surface area contributed by atoms with Crippen molar-refractivity contribution >= 4 is 11.5 Å². The van der Waals surface area contributed by atoms with E-state index in [2.05, 4.69) is 15.5 Å². The van der Waals surface area contributed by atoms with E-state index < -0.39 is 24.9 Å². The number of alkyl halides is 2. The third kappa shape index (κ3) is 5.09. The smallest absolute Gasteiger partial charge is 0.272 e. The largest absolute Gasteiger partial charge is 0.487 e. The van der Waals surface area contributed by atoms with Crippen molar-refractivity contribution in [2.75, 3.05) is 18.5 Å². The van der Waals surface area contributed by atoms with Gasteiger partial charge in [-0.15, -0.1) is 0 Å². The van der Waals surface area contributed by atoms with Gasteiger partial charge < -0.3 is 14.8 Å². The minimum atomic E-state index is -2.63. The molecule has 1 saturated heterocycles. The van der Waals surface area contributed by atoms with Gasteiger partial charge in [-0.3, -0.25) is 0 Å². The van der Waals surface area contributed by atoms with Crippen LogP contribution in [-0.2, 0) is 4.74 Å². The van der Waals surface area contributed by atoms with E-state index in [0.29, 0.717) is 17.0 Å². The molecular formula is C24H25F3N6O2. The standard InChI is InChI=1S/C24H25F3N6O2/c1-15(18-10-17(25)5-6-20(18)35-14-21(26)27)30-22-7-8-32-24(31-22)19(12-29-32)16-11-28-33(13-16)23-4-2-3-9-34-23/h5-8,10-13,15,21,23H,2-4,9,14H2,1H3,(H,30,31)/t15-,23?/m1/s1. The first-order chi connectivity index (χ1) is 17.0. The number of benzene rings is 1. The number of nitrogens with one attached hydrogen (secondary N) is 1. The highest BCUT2D eigenvalue weighted by Gasteiger charge is 2.19. The number of ether oxygens (including phenoxy) is 2. The molecule has 0 aliphatic carbocycles. The Balaban J connectivity index is 1.39. The van der Waals surface area contributed by atoms with Gasteiger partial charge in [-0.2, -0.15) is 10.2 Å². The predicted octanol–water partition coefficient (Wildman–Crippen LogP) is 5.25. The summed E-state index contributed by atoms with van der Waals surface area (Å²) in [5.74, 6) is 0.215. The average molecular weight is 486 g/mol. The SMILES string of the molecule is C[C@@H](Nc1ccn2ncc(-c3cnn(C4CCCCO4)c3)c2n1)c1cc(F)ccc1OCC(F)F. The zero-order chi connectivity index (χ0) is 24.4. The van der Waals surface area contributed by atoms with E-state index in [0.717, 1.165) is 37.0 Å². The highest BCUT2D eigenvalue weighted by Crippen LogP contribution is 2.31. The van der Waals surface area contributed by atoms with Crippen LogP contribution in [0, 0.1) is 5.82 Å². The molecular weight excluding hydrogens is 461 g/mol. The fraction of sp³-hybridized carbons (Fsp3) is 0.375. The first-order valence-electron chi connectivity index (χ1n) is 11.5. The molecule has 11 heteroatoms. The Morgan fingerprint density at radius 1 is 1.20 bits per heavy atom. The molecule has 0 radical (unpaired) electrons. The number of halogens is 3. The number of hydrogen-bond donors (Lipinski definition) is 1. The van der Waals surface area contributed by atoms with Crippen LogP contribution in [-0.4, -0.2) is 44.0 Å². The van der Waals surface area contributed by atoms with Crippen molar-refractivity contribution in [3.8, 4) is 16.9 Å². The molecule has 4 heterocycles. The number of fused-ring (bicyclic) bond motifs is 1. The zero-order valence-electron chi connectivity index (χ0n) is 19.1. The minimum absolute atomic E-state index is 0.0712. The summed E-state index contributed by atoms with van der Waals surface area (Å²) in [4.78, 5) is 4.69. The average Bonchev–Trinajstić information content (AvgIpc) is 3.50. The van der Waals surface area contributed by atoms with Crippen LogP contribution in [0.3, 0.4) is 0 Å². The molecule has 2 atom stereocenters. The van der Waals surface area contributed by atoms with Gasteiger partial charge in [-0.05, 0) is 50.5 Å². The Morgan fingerprint density at radius 3 is 2.89 bits per heavy atom. The molecule has 8 nitrogen and oxygen atoms in total. The van der Waals surface area contributed by atoms with Gasteiger partial charge in [0.15, 0.2) is 5.65 Å². The second kappa shape index (κ2) is 9.95. The lowest BCUT2D eigenvalue weighted by molar-refractivity contribution is -0.0394. The van der Waals surface area contributed by atoms with Crippen LogP contribution in [0.5, 0.6) is 5.75 Å². The van der Waals surface area contributed by atoms with Gasteiger partial charge in [0.25, 0.3) is 6.43 Å². The van der Waals surface area contributed by atoms with Crippen LogP contribution < -0.4 is 10.1 Å². The number of hydrogen-bond acceptors (Lipinski definition) is 6. The van der Waals surface area contributed by atoms with E-state index in [-0.39, 0.29) is 12.0 Å². The third-order valence-electron chi connectivity index (χ3n) is 5.90. The summed E-state index contributed by atoms with van der Waals surface area (Å²) in [7, 11) is 0. The Bertz CT molecular complexity index is 1300. The molecule has 5 rings (SSSR count). The van der Waals surface area contributed by atoms with Crippen molar-refractivity contribution in [2.45, 2.75) is 44.9 Å². The molecule has 1 N–H and O–H groups in total.